The number of hydrogen-bond donors (Lipinski definition) is 0. The molecule has 0 saturated carbocycles. The lowest BCUT2D eigenvalue weighted by Crippen LogP contribution is -2.31. The zero-order valence-electron chi connectivity index (χ0n) is 9.82. The first kappa shape index (κ1) is 12.7. The molecule has 0 bridgehead atoms. The maximum atomic E-state index is 12.2. The van der Waals surface area contributed by atoms with Crippen LogP contribution in [0.3, 0.4) is 0 Å². The number of amides is 1. The predicted molar refractivity (Wildman–Crippen MR) is 70.1 cm³/mol. The fourth-order valence-electron chi connectivity index (χ4n) is 1.45. The van der Waals surface area contributed by atoms with E-state index in [-0.39, 0.29) is 5.91 Å². The second kappa shape index (κ2) is 5.66. The van der Waals surface area contributed by atoms with Crippen molar-refractivity contribution in [3.8, 4) is 0 Å². The van der Waals surface area contributed by atoms with E-state index in [4.69, 9.17) is 0 Å². The van der Waals surface area contributed by atoms with Gasteiger partial charge in [0.1, 0.15) is 0 Å². The Morgan fingerprint density at radius 1 is 1.38 bits per heavy atom. The van der Waals surface area contributed by atoms with Gasteiger partial charge in [-0.15, -0.1) is 24.5 Å². The first-order valence-electron chi connectivity index (χ1n) is 5.17. The largest absolute Gasteiger partial charge is 0.331 e. The molecule has 0 radical (unpaired) electrons. The van der Waals surface area contributed by atoms with Crippen LogP contribution in [0, 0.1) is 13.8 Å². The molecule has 3 heteroatoms. The topological polar surface area (TPSA) is 20.3 Å². The van der Waals surface area contributed by atoms with Crippen LogP contribution in [0.4, 0.5) is 0 Å². The first-order chi connectivity index (χ1) is 7.61. The molecule has 86 valence electrons. The Morgan fingerprint density at radius 2 is 1.94 bits per heavy atom. The average Bonchev–Trinajstić information content (AvgIpc) is 2.59. The van der Waals surface area contributed by atoms with Crippen LogP contribution < -0.4 is 0 Å². The Labute approximate surface area is 101 Å². The lowest BCUT2D eigenvalue weighted by atomic mass is 10.1. The standard InChI is InChI=1S/C13H17NOS/c1-5-7-14(8-6-2)13(15)12-9-16-11(4)10(12)3/h5-6,9H,1-2,7-8H2,3-4H3. The van der Waals surface area contributed by atoms with Gasteiger partial charge in [-0.05, 0) is 19.4 Å². The molecule has 1 rings (SSSR count). The summed E-state index contributed by atoms with van der Waals surface area (Å²) in [5.41, 5.74) is 1.87. The molecule has 1 heterocycles. The highest BCUT2D eigenvalue weighted by molar-refractivity contribution is 7.10. The summed E-state index contributed by atoms with van der Waals surface area (Å²) in [5.74, 6) is 0.0571. The van der Waals surface area contributed by atoms with Gasteiger partial charge in [0.05, 0.1) is 5.56 Å². The summed E-state index contributed by atoms with van der Waals surface area (Å²) >= 11 is 1.61. The summed E-state index contributed by atoms with van der Waals surface area (Å²) in [6.07, 6.45) is 3.46. The molecule has 2 nitrogen and oxygen atoms in total. The van der Waals surface area contributed by atoms with E-state index >= 15 is 0 Å². The average molecular weight is 235 g/mol. The van der Waals surface area contributed by atoms with E-state index in [9.17, 15) is 4.79 Å². The summed E-state index contributed by atoms with van der Waals surface area (Å²) < 4.78 is 0. The number of thiophene rings is 1. The monoisotopic (exact) mass is 235 g/mol. The van der Waals surface area contributed by atoms with Crippen molar-refractivity contribution >= 4 is 17.2 Å². The molecule has 0 N–H and O–H groups in total. The first-order valence-corrected chi connectivity index (χ1v) is 6.05. The van der Waals surface area contributed by atoms with Crippen LogP contribution in [-0.2, 0) is 0 Å². The van der Waals surface area contributed by atoms with Gasteiger partial charge in [-0.3, -0.25) is 4.79 Å². The van der Waals surface area contributed by atoms with E-state index in [1.54, 1.807) is 28.4 Å². The molecule has 1 aromatic rings. The second-order valence-electron chi connectivity index (χ2n) is 3.62. The van der Waals surface area contributed by atoms with Gasteiger partial charge in [-0.1, -0.05) is 12.2 Å². The number of hydrogen-bond acceptors (Lipinski definition) is 2. The predicted octanol–water partition coefficient (Wildman–Crippen LogP) is 3.18. The molecular formula is C13H17NOS. The van der Waals surface area contributed by atoms with Gasteiger partial charge in [-0.25, -0.2) is 0 Å². The van der Waals surface area contributed by atoms with Crippen LogP contribution in [0.15, 0.2) is 30.7 Å². The van der Waals surface area contributed by atoms with Crippen LogP contribution in [0.1, 0.15) is 20.8 Å². The zero-order valence-corrected chi connectivity index (χ0v) is 10.6. The van der Waals surface area contributed by atoms with Gasteiger partial charge in [0.25, 0.3) is 5.91 Å². The van der Waals surface area contributed by atoms with Crippen molar-refractivity contribution in [2.75, 3.05) is 13.1 Å². The van der Waals surface area contributed by atoms with E-state index in [2.05, 4.69) is 13.2 Å². The van der Waals surface area contributed by atoms with Gasteiger partial charge in [-0.2, -0.15) is 0 Å². The van der Waals surface area contributed by atoms with Crippen molar-refractivity contribution in [2.24, 2.45) is 0 Å². The number of aryl methyl sites for hydroxylation is 1. The van der Waals surface area contributed by atoms with Crippen molar-refractivity contribution in [3.63, 3.8) is 0 Å². The molecule has 0 saturated heterocycles. The van der Waals surface area contributed by atoms with Crippen LogP contribution in [0.25, 0.3) is 0 Å². The lowest BCUT2D eigenvalue weighted by Gasteiger charge is -2.19. The molecule has 0 aliphatic heterocycles. The van der Waals surface area contributed by atoms with Crippen LogP contribution in [0.5, 0.6) is 0 Å². The molecule has 1 amide bonds. The highest BCUT2D eigenvalue weighted by Gasteiger charge is 2.17. The molecular weight excluding hydrogens is 218 g/mol. The number of carbonyl (C=O) groups excluding carboxylic acids is 1. The maximum Gasteiger partial charge on any atom is 0.255 e. The van der Waals surface area contributed by atoms with E-state index < -0.39 is 0 Å². The fraction of sp³-hybridized carbons (Fsp3) is 0.308. The van der Waals surface area contributed by atoms with Gasteiger partial charge < -0.3 is 4.90 Å². The molecule has 0 unspecified atom stereocenters. The zero-order chi connectivity index (χ0) is 12.1. The summed E-state index contributed by atoms with van der Waals surface area (Å²) in [7, 11) is 0. The molecule has 0 fully saturated rings. The number of nitrogens with zero attached hydrogens (tertiary/aromatic N) is 1. The van der Waals surface area contributed by atoms with Crippen molar-refractivity contribution in [1.82, 2.24) is 4.90 Å². The smallest absolute Gasteiger partial charge is 0.255 e. The Balaban J connectivity index is 2.93. The molecule has 0 aliphatic carbocycles. The molecule has 1 aromatic heterocycles. The second-order valence-corrected chi connectivity index (χ2v) is 4.70. The van der Waals surface area contributed by atoms with Gasteiger partial charge >= 0.3 is 0 Å². The Bertz CT molecular complexity index is 396. The van der Waals surface area contributed by atoms with E-state index in [0.29, 0.717) is 13.1 Å². The summed E-state index contributed by atoms with van der Waals surface area (Å²) in [6, 6.07) is 0. The molecule has 0 aromatic carbocycles. The molecule has 0 atom stereocenters. The molecule has 0 aliphatic rings. The highest BCUT2D eigenvalue weighted by Crippen LogP contribution is 2.21. The van der Waals surface area contributed by atoms with Crippen molar-refractivity contribution < 1.29 is 4.79 Å². The summed E-state index contributed by atoms with van der Waals surface area (Å²) in [5, 5.41) is 1.92. The van der Waals surface area contributed by atoms with Gasteiger partial charge in [0, 0.05) is 23.3 Å². The van der Waals surface area contributed by atoms with Crippen molar-refractivity contribution in [2.45, 2.75) is 13.8 Å². The third kappa shape index (κ3) is 2.61. The normalized spacial score (nSPS) is 9.88. The molecule has 0 spiro atoms. The van der Waals surface area contributed by atoms with Gasteiger partial charge in [0.2, 0.25) is 0 Å². The van der Waals surface area contributed by atoms with Crippen LogP contribution >= 0.6 is 11.3 Å². The Hall–Kier alpha value is -1.35. The lowest BCUT2D eigenvalue weighted by molar-refractivity contribution is 0.0790. The minimum atomic E-state index is 0.0571. The highest BCUT2D eigenvalue weighted by atomic mass is 32.1. The Morgan fingerprint density at radius 3 is 2.31 bits per heavy atom. The maximum absolute atomic E-state index is 12.2. The summed E-state index contributed by atoms with van der Waals surface area (Å²) in [4.78, 5) is 15.1. The van der Waals surface area contributed by atoms with Crippen LogP contribution in [-0.4, -0.2) is 23.9 Å². The third-order valence-corrected chi connectivity index (χ3v) is 3.52. The van der Waals surface area contributed by atoms with E-state index in [0.717, 1.165) is 11.1 Å². The summed E-state index contributed by atoms with van der Waals surface area (Å²) in [6.45, 7) is 12.4. The van der Waals surface area contributed by atoms with Crippen molar-refractivity contribution in [3.05, 3.63) is 46.7 Å². The Kier molecular flexibility index (Phi) is 4.50. The quantitative estimate of drug-likeness (QED) is 0.718. The minimum absolute atomic E-state index is 0.0571. The SMILES string of the molecule is C=CCN(CC=C)C(=O)c1csc(C)c1C. The fourth-order valence-corrected chi connectivity index (χ4v) is 2.31. The number of carbonyl (C=O) groups is 1. The van der Waals surface area contributed by atoms with Gasteiger partial charge in [0.15, 0.2) is 0 Å². The molecule has 16 heavy (non-hydrogen) atoms. The van der Waals surface area contributed by atoms with Crippen LogP contribution in [0.2, 0.25) is 0 Å². The minimum Gasteiger partial charge on any atom is -0.331 e. The third-order valence-electron chi connectivity index (χ3n) is 2.50. The number of rotatable bonds is 5. The van der Waals surface area contributed by atoms with Crippen molar-refractivity contribution in [1.29, 1.82) is 0 Å². The van der Waals surface area contributed by atoms with E-state index in [1.807, 2.05) is 19.2 Å². The van der Waals surface area contributed by atoms with E-state index in [1.165, 1.54) is 4.88 Å².